The van der Waals surface area contributed by atoms with Crippen LogP contribution in [0.3, 0.4) is 0 Å². The zero-order valence-corrected chi connectivity index (χ0v) is 16.2. The number of hydrogen-bond donors (Lipinski definition) is 1. The van der Waals surface area contributed by atoms with Gasteiger partial charge in [0.05, 0.1) is 4.88 Å². The Morgan fingerprint density at radius 2 is 1.82 bits per heavy atom. The van der Waals surface area contributed by atoms with Gasteiger partial charge in [0, 0.05) is 29.6 Å². The zero-order valence-electron chi connectivity index (χ0n) is 15.4. The summed E-state index contributed by atoms with van der Waals surface area (Å²) in [6.45, 7) is 1.46. The number of hydrogen-bond acceptors (Lipinski definition) is 3. The maximum atomic E-state index is 14.0. The molecule has 2 amide bonds. The molecule has 0 saturated carbocycles. The highest BCUT2D eigenvalue weighted by Crippen LogP contribution is 2.27. The molecule has 1 atom stereocenters. The quantitative estimate of drug-likeness (QED) is 0.709. The molecule has 0 radical (unpaired) electrons. The average Bonchev–Trinajstić information content (AvgIpc) is 3.38. The van der Waals surface area contributed by atoms with E-state index in [0.717, 1.165) is 36.2 Å². The second kappa shape index (κ2) is 8.10. The lowest BCUT2D eigenvalue weighted by Crippen LogP contribution is -2.48. The van der Waals surface area contributed by atoms with Gasteiger partial charge in [-0.05, 0) is 36.6 Å². The molecule has 3 aromatic rings. The summed E-state index contributed by atoms with van der Waals surface area (Å²) in [5.41, 5.74) is 0.989. The largest absolute Gasteiger partial charge is 0.341 e. The molecule has 1 aromatic heterocycles. The van der Waals surface area contributed by atoms with Crippen LogP contribution in [0.2, 0.25) is 0 Å². The summed E-state index contributed by atoms with van der Waals surface area (Å²) < 4.78 is 14.7. The number of amides is 2. The van der Waals surface area contributed by atoms with E-state index < -0.39 is 6.04 Å². The van der Waals surface area contributed by atoms with E-state index in [4.69, 9.17) is 0 Å². The van der Waals surface area contributed by atoms with Crippen LogP contribution in [-0.4, -0.2) is 35.8 Å². The first-order chi connectivity index (χ1) is 13.6. The van der Waals surface area contributed by atoms with Crippen molar-refractivity contribution in [2.45, 2.75) is 25.3 Å². The Balaban J connectivity index is 1.57. The Morgan fingerprint density at radius 1 is 1.07 bits per heavy atom. The highest BCUT2D eigenvalue weighted by Gasteiger charge is 2.28. The molecule has 1 fully saturated rings. The van der Waals surface area contributed by atoms with Crippen molar-refractivity contribution in [2.24, 2.45) is 0 Å². The van der Waals surface area contributed by atoms with Gasteiger partial charge in [-0.1, -0.05) is 36.4 Å². The molecule has 0 spiro atoms. The van der Waals surface area contributed by atoms with Crippen molar-refractivity contribution in [3.8, 4) is 0 Å². The molecule has 0 bridgehead atoms. The Hall–Kier alpha value is -2.73. The van der Waals surface area contributed by atoms with E-state index in [1.54, 1.807) is 18.2 Å². The van der Waals surface area contributed by atoms with E-state index in [-0.39, 0.29) is 17.6 Å². The first-order valence-corrected chi connectivity index (χ1v) is 10.2. The van der Waals surface area contributed by atoms with Crippen molar-refractivity contribution in [1.29, 1.82) is 0 Å². The van der Waals surface area contributed by atoms with Crippen molar-refractivity contribution in [3.63, 3.8) is 0 Å². The molecule has 1 aliphatic heterocycles. The number of thiophene rings is 1. The summed E-state index contributed by atoms with van der Waals surface area (Å²) in [6.07, 6.45) is 2.42. The predicted octanol–water partition coefficient (Wildman–Crippen LogP) is 4.00. The summed E-state index contributed by atoms with van der Waals surface area (Å²) in [6, 6.07) is 15.4. The maximum Gasteiger partial charge on any atom is 0.262 e. The van der Waals surface area contributed by atoms with Gasteiger partial charge < -0.3 is 10.2 Å². The van der Waals surface area contributed by atoms with Crippen LogP contribution in [0.5, 0.6) is 0 Å². The standard InChI is InChI=1S/C22H21FN2O2S/c23-17-9-6-10-19-16(17)14-20(28-19)21(26)24-18(13-15-7-2-1-3-8-15)22(27)25-11-4-5-12-25/h1-3,6-10,14,18H,4-5,11-13H2,(H,24,26). The molecule has 1 unspecified atom stereocenters. The van der Waals surface area contributed by atoms with E-state index in [2.05, 4.69) is 5.32 Å². The summed E-state index contributed by atoms with van der Waals surface area (Å²) in [5.74, 6) is -0.738. The van der Waals surface area contributed by atoms with Gasteiger partial charge in [-0.3, -0.25) is 9.59 Å². The van der Waals surface area contributed by atoms with Gasteiger partial charge in [0.2, 0.25) is 5.91 Å². The summed E-state index contributed by atoms with van der Waals surface area (Å²) in [5, 5.41) is 3.33. The molecule has 144 valence electrons. The van der Waals surface area contributed by atoms with Gasteiger partial charge in [0.25, 0.3) is 5.91 Å². The SMILES string of the molecule is O=C(NC(Cc1ccccc1)C(=O)N1CCCC1)c1cc2c(F)cccc2s1. The van der Waals surface area contributed by atoms with E-state index in [1.165, 1.54) is 17.4 Å². The van der Waals surface area contributed by atoms with E-state index in [9.17, 15) is 14.0 Å². The Kier molecular flexibility index (Phi) is 5.39. The van der Waals surface area contributed by atoms with Crippen LogP contribution in [0.15, 0.2) is 54.6 Å². The fourth-order valence-corrected chi connectivity index (χ4v) is 4.55. The molecule has 2 heterocycles. The van der Waals surface area contributed by atoms with E-state index in [0.29, 0.717) is 16.7 Å². The van der Waals surface area contributed by atoms with Gasteiger partial charge in [-0.15, -0.1) is 11.3 Å². The van der Waals surface area contributed by atoms with Gasteiger partial charge in [-0.25, -0.2) is 4.39 Å². The molecular formula is C22H21FN2O2S. The normalized spacial score (nSPS) is 15.0. The molecule has 28 heavy (non-hydrogen) atoms. The number of carbonyl (C=O) groups is 2. The third-order valence-electron chi connectivity index (χ3n) is 5.04. The van der Waals surface area contributed by atoms with E-state index in [1.807, 2.05) is 35.2 Å². The third-order valence-corrected chi connectivity index (χ3v) is 6.13. The smallest absolute Gasteiger partial charge is 0.262 e. The van der Waals surface area contributed by atoms with Crippen LogP contribution < -0.4 is 5.32 Å². The van der Waals surface area contributed by atoms with Crippen LogP contribution in [0, 0.1) is 5.82 Å². The van der Waals surface area contributed by atoms with Crippen LogP contribution in [0.4, 0.5) is 4.39 Å². The molecule has 2 aromatic carbocycles. The minimum absolute atomic E-state index is 0.0537. The van der Waals surface area contributed by atoms with Crippen LogP contribution in [-0.2, 0) is 11.2 Å². The number of rotatable bonds is 5. The van der Waals surface area contributed by atoms with Gasteiger partial charge in [0.1, 0.15) is 11.9 Å². The Labute approximate surface area is 167 Å². The lowest BCUT2D eigenvalue weighted by molar-refractivity contribution is -0.132. The molecule has 4 nitrogen and oxygen atoms in total. The fourth-order valence-electron chi connectivity index (χ4n) is 3.57. The monoisotopic (exact) mass is 396 g/mol. The molecule has 6 heteroatoms. The number of nitrogens with one attached hydrogen (secondary N) is 1. The first-order valence-electron chi connectivity index (χ1n) is 9.43. The Bertz CT molecular complexity index is 996. The molecule has 1 saturated heterocycles. The van der Waals surface area contributed by atoms with E-state index >= 15 is 0 Å². The van der Waals surface area contributed by atoms with Crippen LogP contribution in [0.25, 0.3) is 10.1 Å². The predicted molar refractivity (Wildman–Crippen MR) is 109 cm³/mol. The summed E-state index contributed by atoms with van der Waals surface area (Å²) in [7, 11) is 0. The minimum Gasteiger partial charge on any atom is -0.341 e. The average molecular weight is 396 g/mol. The van der Waals surface area contributed by atoms with Gasteiger partial charge in [-0.2, -0.15) is 0 Å². The van der Waals surface area contributed by atoms with Gasteiger partial charge in [0.15, 0.2) is 0 Å². The number of benzene rings is 2. The molecule has 1 N–H and O–H groups in total. The van der Waals surface area contributed by atoms with Crippen molar-refractivity contribution < 1.29 is 14.0 Å². The molecule has 0 aliphatic carbocycles. The topological polar surface area (TPSA) is 49.4 Å². The van der Waals surface area contributed by atoms with Crippen molar-refractivity contribution in [1.82, 2.24) is 10.2 Å². The minimum atomic E-state index is -0.636. The number of carbonyl (C=O) groups excluding carboxylic acids is 2. The first kappa shape index (κ1) is 18.6. The van der Waals surface area contributed by atoms with Crippen molar-refractivity contribution in [2.75, 3.05) is 13.1 Å². The maximum absolute atomic E-state index is 14.0. The second-order valence-electron chi connectivity index (χ2n) is 7.01. The Morgan fingerprint density at radius 3 is 2.54 bits per heavy atom. The number of halogens is 1. The number of fused-ring (bicyclic) bond motifs is 1. The zero-order chi connectivity index (χ0) is 19.5. The summed E-state index contributed by atoms with van der Waals surface area (Å²) >= 11 is 1.23. The highest BCUT2D eigenvalue weighted by molar-refractivity contribution is 7.20. The van der Waals surface area contributed by atoms with Crippen LogP contribution >= 0.6 is 11.3 Å². The lowest BCUT2D eigenvalue weighted by atomic mass is 10.0. The fraction of sp³-hybridized carbons (Fsp3) is 0.273. The second-order valence-corrected chi connectivity index (χ2v) is 8.09. The number of likely N-dealkylation sites (tertiary alicyclic amines) is 1. The van der Waals surface area contributed by atoms with Crippen LogP contribution in [0.1, 0.15) is 28.1 Å². The summed E-state index contributed by atoms with van der Waals surface area (Å²) in [4.78, 5) is 28.1. The molecular weight excluding hydrogens is 375 g/mol. The highest BCUT2D eigenvalue weighted by atomic mass is 32.1. The molecule has 4 rings (SSSR count). The number of nitrogens with zero attached hydrogens (tertiary/aromatic N) is 1. The molecule has 1 aliphatic rings. The van der Waals surface area contributed by atoms with Crippen molar-refractivity contribution >= 4 is 33.2 Å². The lowest BCUT2D eigenvalue weighted by Gasteiger charge is -2.24. The third kappa shape index (κ3) is 3.92. The van der Waals surface area contributed by atoms with Crippen molar-refractivity contribution in [3.05, 3.63) is 70.9 Å². The van der Waals surface area contributed by atoms with Gasteiger partial charge >= 0.3 is 0 Å².